The van der Waals surface area contributed by atoms with Gasteiger partial charge in [-0.1, -0.05) is 20.8 Å². The zero-order chi connectivity index (χ0) is 20.2. The van der Waals surface area contributed by atoms with E-state index in [0.717, 1.165) is 0 Å². The van der Waals surface area contributed by atoms with Crippen molar-refractivity contribution < 1.29 is 23.9 Å². The summed E-state index contributed by atoms with van der Waals surface area (Å²) in [5.41, 5.74) is -2.39. The van der Waals surface area contributed by atoms with Crippen LogP contribution >= 0.6 is 0 Å². The SMILES string of the molecule is CC(C)(C)OC(=O)N1C2(CO[Si](C)(C)C(C)(C)C)CCC1(C(=O)O)CC2. The predicted molar refractivity (Wildman–Crippen MR) is 103 cm³/mol. The Hall–Kier alpha value is -1.08. The van der Waals surface area contributed by atoms with E-state index in [1.807, 2.05) is 0 Å². The molecule has 2 heterocycles. The van der Waals surface area contributed by atoms with Crippen molar-refractivity contribution in [1.82, 2.24) is 4.90 Å². The zero-order valence-electron chi connectivity index (χ0n) is 17.6. The normalized spacial score (nSPS) is 29.2. The van der Waals surface area contributed by atoms with E-state index >= 15 is 0 Å². The number of rotatable bonds is 4. The first-order valence-electron chi connectivity index (χ1n) is 9.47. The van der Waals surface area contributed by atoms with Crippen LogP contribution in [0.1, 0.15) is 67.2 Å². The zero-order valence-corrected chi connectivity index (χ0v) is 18.6. The number of carboxylic acids is 1. The Kier molecular flexibility index (Phi) is 5.08. The topological polar surface area (TPSA) is 76.1 Å². The summed E-state index contributed by atoms with van der Waals surface area (Å²) in [6.07, 6.45) is 1.68. The van der Waals surface area contributed by atoms with E-state index in [1.54, 1.807) is 20.8 Å². The molecule has 2 rings (SSSR count). The van der Waals surface area contributed by atoms with Gasteiger partial charge in [0.15, 0.2) is 8.32 Å². The molecule has 2 aliphatic heterocycles. The van der Waals surface area contributed by atoms with Crippen LogP contribution in [0.3, 0.4) is 0 Å². The van der Waals surface area contributed by atoms with E-state index in [9.17, 15) is 14.7 Å². The maximum absolute atomic E-state index is 13.0. The first kappa shape index (κ1) is 21.2. The molecule has 0 aliphatic carbocycles. The van der Waals surface area contributed by atoms with Gasteiger partial charge in [0.1, 0.15) is 11.1 Å². The van der Waals surface area contributed by atoms with E-state index in [2.05, 4.69) is 33.9 Å². The minimum Gasteiger partial charge on any atom is -0.479 e. The molecule has 6 nitrogen and oxygen atoms in total. The Balaban J connectivity index is 2.31. The number of nitrogens with zero attached hydrogens (tertiary/aromatic N) is 1. The number of hydrogen-bond donors (Lipinski definition) is 1. The fraction of sp³-hybridized carbons (Fsp3) is 0.895. The molecule has 0 unspecified atom stereocenters. The maximum atomic E-state index is 13.0. The molecule has 7 heteroatoms. The fourth-order valence-corrected chi connectivity index (χ4v) is 4.82. The highest BCUT2D eigenvalue weighted by molar-refractivity contribution is 6.74. The molecule has 26 heavy (non-hydrogen) atoms. The van der Waals surface area contributed by atoms with Crippen LogP contribution in [0.15, 0.2) is 0 Å². The van der Waals surface area contributed by atoms with Gasteiger partial charge in [-0.25, -0.2) is 9.59 Å². The van der Waals surface area contributed by atoms with E-state index in [0.29, 0.717) is 32.3 Å². The van der Waals surface area contributed by atoms with Crippen LogP contribution in [0.5, 0.6) is 0 Å². The molecule has 0 aromatic carbocycles. The smallest absolute Gasteiger partial charge is 0.411 e. The lowest BCUT2D eigenvalue weighted by atomic mass is 9.82. The van der Waals surface area contributed by atoms with Gasteiger partial charge in [-0.2, -0.15) is 0 Å². The van der Waals surface area contributed by atoms with Gasteiger partial charge in [0.25, 0.3) is 0 Å². The van der Waals surface area contributed by atoms with Crippen molar-refractivity contribution in [2.24, 2.45) is 0 Å². The molecule has 1 amide bonds. The molecule has 1 N–H and O–H groups in total. The molecule has 150 valence electrons. The lowest BCUT2D eigenvalue weighted by molar-refractivity contribution is -0.149. The highest BCUT2D eigenvalue weighted by atomic mass is 28.4. The summed E-state index contributed by atoms with van der Waals surface area (Å²) in [4.78, 5) is 26.6. The average Bonchev–Trinajstić information content (AvgIpc) is 2.94. The molecule has 2 bridgehead atoms. The summed E-state index contributed by atoms with van der Waals surface area (Å²) < 4.78 is 12.0. The first-order valence-corrected chi connectivity index (χ1v) is 12.4. The van der Waals surface area contributed by atoms with Gasteiger partial charge < -0.3 is 14.3 Å². The number of carboxylic acid groups (broad SMARTS) is 1. The van der Waals surface area contributed by atoms with E-state index in [1.165, 1.54) is 4.90 Å². The van der Waals surface area contributed by atoms with Crippen LogP contribution in [0, 0.1) is 0 Å². The quantitative estimate of drug-likeness (QED) is 0.726. The molecule has 0 spiro atoms. The van der Waals surface area contributed by atoms with Gasteiger partial charge in [-0.05, 0) is 64.6 Å². The number of carbonyl (C=O) groups is 2. The van der Waals surface area contributed by atoms with Crippen molar-refractivity contribution in [3.05, 3.63) is 0 Å². The summed E-state index contributed by atoms with van der Waals surface area (Å²) >= 11 is 0. The monoisotopic (exact) mass is 385 g/mol. The van der Waals surface area contributed by atoms with E-state index in [4.69, 9.17) is 9.16 Å². The van der Waals surface area contributed by atoms with Crippen molar-refractivity contribution in [2.75, 3.05) is 6.61 Å². The van der Waals surface area contributed by atoms with Gasteiger partial charge in [-0.3, -0.25) is 4.90 Å². The molecule has 0 aromatic rings. The molecule has 0 radical (unpaired) electrons. The Morgan fingerprint density at radius 2 is 1.54 bits per heavy atom. The summed E-state index contributed by atoms with van der Waals surface area (Å²) in [7, 11) is -2.01. The Labute approximate surface area is 158 Å². The summed E-state index contributed by atoms with van der Waals surface area (Å²) in [6, 6.07) is 0. The molecule has 2 saturated heterocycles. The maximum Gasteiger partial charge on any atom is 0.411 e. The van der Waals surface area contributed by atoms with Crippen LogP contribution in [0.4, 0.5) is 4.79 Å². The molecule has 0 saturated carbocycles. The molecular formula is C19H35NO5Si. The summed E-state index contributed by atoms with van der Waals surface area (Å²) in [5.74, 6) is -0.935. The predicted octanol–water partition coefficient (Wildman–Crippen LogP) is 4.40. The Morgan fingerprint density at radius 1 is 1.04 bits per heavy atom. The lowest BCUT2D eigenvalue weighted by Gasteiger charge is -2.42. The van der Waals surface area contributed by atoms with Crippen molar-refractivity contribution in [3.63, 3.8) is 0 Å². The van der Waals surface area contributed by atoms with Gasteiger partial charge in [0.2, 0.25) is 0 Å². The first-order chi connectivity index (χ1) is 11.6. The van der Waals surface area contributed by atoms with Crippen LogP contribution in [-0.2, 0) is 14.0 Å². The van der Waals surface area contributed by atoms with E-state index < -0.39 is 37.1 Å². The fourth-order valence-electron chi connectivity index (χ4n) is 3.76. The molecule has 2 fully saturated rings. The summed E-state index contributed by atoms with van der Waals surface area (Å²) in [6.45, 7) is 16.7. The number of aliphatic carboxylic acids is 1. The molecule has 2 aliphatic rings. The standard InChI is InChI=1S/C19H35NO5Si/c1-16(2,3)25-15(23)20-18(13-24-26(7,8)17(4,5)6)9-11-19(20,12-10-18)14(21)22/h9-13H2,1-8H3,(H,21,22). The highest BCUT2D eigenvalue weighted by Gasteiger charge is 2.67. The average molecular weight is 386 g/mol. The van der Waals surface area contributed by atoms with Crippen molar-refractivity contribution in [1.29, 1.82) is 0 Å². The lowest BCUT2D eigenvalue weighted by Crippen LogP contribution is -2.58. The van der Waals surface area contributed by atoms with E-state index in [-0.39, 0.29) is 5.04 Å². The summed E-state index contributed by atoms with van der Waals surface area (Å²) in [5, 5.41) is 9.96. The number of ether oxygens (including phenoxy) is 1. The minimum absolute atomic E-state index is 0.0570. The number of fused-ring (bicyclic) bond motifs is 2. The largest absolute Gasteiger partial charge is 0.479 e. The second-order valence-corrected chi connectivity index (χ2v) is 15.2. The van der Waals surface area contributed by atoms with Crippen molar-refractivity contribution in [3.8, 4) is 0 Å². The van der Waals surface area contributed by atoms with Crippen LogP contribution in [-0.4, -0.2) is 53.7 Å². The third-order valence-electron chi connectivity index (χ3n) is 6.39. The Morgan fingerprint density at radius 3 is 1.92 bits per heavy atom. The van der Waals surface area contributed by atoms with Crippen LogP contribution in [0.25, 0.3) is 0 Å². The van der Waals surface area contributed by atoms with Crippen LogP contribution < -0.4 is 0 Å². The van der Waals surface area contributed by atoms with Gasteiger partial charge in [-0.15, -0.1) is 0 Å². The van der Waals surface area contributed by atoms with Crippen molar-refractivity contribution >= 4 is 20.4 Å². The number of hydrogen-bond acceptors (Lipinski definition) is 4. The second-order valence-electron chi connectivity index (χ2n) is 10.4. The second kappa shape index (κ2) is 6.23. The van der Waals surface area contributed by atoms with Gasteiger partial charge in [0.05, 0.1) is 12.1 Å². The third-order valence-corrected chi connectivity index (χ3v) is 10.9. The minimum atomic E-state index is -2.01. The van der Waals surface area contributed by atoms with Crippen LogP contribution in [0.2, 0.25) is 18.1 Å². The molecule has 0 atom stereocenters. The number of carbonyl (C=O) groups excluding carboxylic acids is 1. The van der Waals surface area contributed by atoms with Gasteiger partial charge in [0, 0.05) is 0 Å². The third kappa shape index (κ3) is 3.52. The molecule has 0 aromatic heterocycles. The Bertz CT molecular complexity index is 580. The van der Waals surface area contributed by atoms with Crippen molar-refractivity contribution in [2.45, 2.75) is 102 Å². The number of amides is 1. The molecular weight excluding hydrogens is 350 g/mol. The highest BCUT2D eigenvalue weighted by Crippen LogP contribution is 2.55. The van der Waals surface area contributed by atoms with Gasteiger partial charge >= 0.3 is 12.1 Å².